The van der Waals surface area contributed by atoms with E-state index in [1.807, 2.05) is 0 Å². The highest BCUT2D eigenvalue weighted by atomic mass is 19.4. The van der Waals surface area contributed by atoms with Gasteiger partial charge < -0.3 is 19.7 Å². The summed E-state index contributed by atoms with van der Waals surface area (Å²) in [6.07, 6.45) is -8.66. The molecule has 0 saturated carbocycles. The van der Waals surface area contributed by atoms with E-state index < -0.39 is 24.2 Å². The molecule has 1 aliphatic heterocycles. The maximum absolute atomic E-state index is 12.4. The summed E-state index contributed by atoms with van der Waals surface area (Å²) in [4.78, 5) is 12.2. The third kappa shape index (κ3) is 6.11. The Hall–Kier alpha value is -2.83. The first-order chi connectivity index (χ1) is 13.0. The maximum atomic E-state index is 12.4. The lowest BCUT2D eigenvalue weighted by Crippen LogP contribution is -2.21. The highest BCUT2D eigenvalue weighted by molar-refractivity contribution is 5.73. The van der Waals surface area contributed by atoms with Crippen molar-refractivity contribution >= 4 is 5.97 Å². The van der Waals surface area contributed by atoms with Gasteiger partial charge in [0, 0.05) is 12.1 Å². The SMILES string of the molecule is FC(F)(F)c1nc(-c2ccc(O[C@H]3CCNC3)cc2)no1.O=C(O)C(F)(F)F. The first kappa shape index (κ1) is 21.5. The van der Waals surface area contributed by atoms with E-state index in [-0.39, 0.29) is 11.9 Å². The molecule has 2 heterocycles. The summed E-state index contributed by atoms with van der Waals surface area (Å²) in [6, 6.07) is 6.56. The van der Waals surface area contributed by atoms with Crippen molar-refractivity contribution in [2.75, 3.05) is 13.1 Å². The molecule has 13 heteroatoms. The number of carbonyl (C=O) groups is 1. The van der Waals surface area contributed by atoms with E-state index in [1.54, 1.807) is 24.3 Å². The number of rotatable bonds is 3. The van der Waals surface area contributed by atoms with E-state index in [4.69, 9.17) is 14.6 Å². The molecule has 0 bridgehead atoms. The minimum atomic E-state index is -5.08. The largest absolute Gasteiger partial charge is 0.490 e. The summed E-state index contributed by atoms with van der Waals surface area (Å²) in [5.41, 5.74) is 0.436. The van der Waals surface area contributed by atoms with Gasteiger partial charge >= 0.3 is 24.2 Å². The fraction of sp³-hybridized carbons (Fsp3) is 0.400. The van der Waals surface area contributed by atoms with E-state index >= 15 is 0 Å². The average molecular weight is 413 g/mol. The van der Waals surface area contributed by atoms with Crippen molar-refractivity contribution in [3.63, 3.8) is 0 Å². The van der Waals surface area contributed by atoms with E-state index in [0.29, 0.717) is 11.3 Å². The molecule has 1 fully saturated rings. The normalized spacial score (nSPS) is 17.0. The van der Waals surface area contributed by atoms with Gasteiger partial charge in [-0.2, -0.15) is 31.3 Å². The predicted molar refractivity (Wildman–Crippen MR) is 80.3 cm³/mol. The molecule has 2 N–H and O–H groups in total. The summed E-state index contributed by atoms with van der Waals surface area (Å²) >= 11 is 0. The number of ether oxygens (including phenoxy) is 1. The van der Waals surface area contributed by atoms with Crippen LogP contribution in [0.5, 0.6) is 5.75 Å². The molecule has 1 aromatic heterocycles. The molecule has 1 saturated heterocycles. The number of hydrogen-bond acceptors (Lipinski definition) is 6. The number of alkyl halides is 6. The Balaban J connectivity index is 0.000000345. The Labute approximate surface area is 153 Å². The molecule has 2 aromatic rings. The molecular formula is C15H13F6N3O4. The summed E-state index contributed by atoms with van der Waals surface area (Å²) in [7, 11) is 0. The number of aliphatic carboxylic acids is 1. The van der Waals surface area contributed by atoms with Crippen LogP contribution >= 0.6 is 0 Å². The lowest BCUT2D eigenvalue weighted by molar-refractivity contribution is -0.192. The van der Waals surface area contributed by atoms with Crippen LogP contribution in [0.2, 0.25) is 0 Å². The molecule has 7 nitrogen and oxygen atoms in total. The molecule has 28 heavy (non-hydrogen) atoms. The monoisotopic (exact) mass is 413 g/mol. The smallest absolute Gasteiger partial charge is 0.489 e. The number of nitrogens with one attached hydrogen (secondary N) is 1. The van der Waals surface area contributed by atoms with Gasteiger partial charge in [0.05, 0.1) is 0 Å². The molecule has 1 atom stereocenters. The van der Waals surface area contributed by atoms with Gasteiger partial charge in [-0.1, -0.05) is 5.16 Å². The number of carboxylic acid groups (broad SMARTS) is 1. The second-order valence-electron chi connectivity index (χ2n) is 5.48. The van der Waals surface area contributed by atoms with Crippen LogP contribution < -0.4 is 10.1 Å². The Morgan fingerprint density at radius 3 is 2.21 bits per heavy atom. The standard InChI is InChI=1S/C13H12F3N3O2.C2HF3O2/c14-13(15,16)12-18-11(19-21-12)8-1-3-9(4-2-8)20-10-5-6-17-7-10;3-2(4,5)1(6)7/h1-4,10,17H,5-7H2;(H,6,7)/t10-;/m0./s1. The van der Waals surface area contributed by atoms with Crippen LogP contribution in [0.15, 0.2) is 28.8 Å². The Bertz CT molecular complexity index is 782. The van der Waals surface area contributed by atoms with Crippen molar-refractivity contribution in [3.8, 4) is 17.1 Å². The molecule has 154 valence electrons. The topological polar surface area (TPSA) is 97.5 Å². The van der Waals surface area contributed by atoms with Crippen LogP contribution in [0.4, 0.5) is 26.3 Å². The highest BCUT2D eigenvalue weighted by Crippen LogP contribution is 2.29. The highest BCUT2D eigenvalue weighted by Gasteiger charge is 2.39. The third-order valence-electron chi connectivity index (χ3n) is 3.34. The van der Waals surface area contributed by atoms with E-state index in [1.165, 1.54) is 0 Å². The van der Waals surface area contributed by atoms with Gasteiger partial charge in [-0.3, -0.25) is 0 Å². The fourth-order valence-corrected chi connectivity index (χ4v) is 2.06. The quantitative estimate of drug-likeness (QED) is 0.747. The zero-order valence-corrected chi connectivity index (χ0v) is 13.8. The molecule has 0 unspecified atom stereocenters. The number of carboxylic acids is 1. The molecular weight excluding hydrogens is 400 g/mol. The Morgan fingerprint density at radius 1 is 1.18 bits per heavy atom. The van der Waals surface area contributed by atoms with Gasteiger partial charge in [0.1, 0.15) is 11.9 Å². The lowest BCUT2D eigenvalue weighted by Gasteiger charge is -2.12. The second-order valence-corrected chi connectivity index (χ2v) is 5.48. The summed E-state index contributed by atoms with van der Waals surface area (Å²) < 4.78 is 78.8. The summed E-state index contributed by atoms with van der Waals surface area (Å²) in [5, 5.41) is 13.6. The van der Waals surface area contributed by atoms with Gasteiger partial charge in [-0.15, -0.1) is 0 Å². The van der Waals surface area contributed by atoms with Crippen LogP contribution in [0, 0.1) is 0 Å². The summed E-state index contributed by atoms with van der Waals surface area (Å²) in [5.74, 6) is -3.55. The average Bonchev–Trinajstić information content (AvgIpc) is 3.26. The number of hydrogen-bond donors (Lipinski definition) is 2. The molecule has 0 radical (unpaired) electrons. The van der Waals surface area contributed by atoms with Crippen molar-refractivity contribution in [1.82, 2.24) is 15.5 Å². The Morgan fingerprint density at radius 2 is 1.79 bits per heavy atom. The van der Waals surface area contributed by atoms with E-state index in [2.05, 4.69) is 20.0 Å². The van der Waals surface area contributed by atoms with E-state index in [9.17, 15) is 26.3 Å². The fourth-order valence-electron chi connectivity index (χ4n) is 2.06. The number of nitrogens with zero attached hydrogens (tertiary/aromatic N) is 2. The maximum Gasteiger partial charge on any atom is 0.490 e. The number of aromatic nitrogens is 2. The van der Waals surface area contributed by atoms with Gasteiger partial charge in [-0.05, 0) is 37.2 Å². The minimum Gasteiger partial charge on any atom is -0.489 e. The lowest BCUT2D eigenvalue weighted by atomic mass is 10.2. The van der Waals surface area contributed by atoms with Crippen LogP contribution in [-0.2, 0) is 11.0 Å². The number of benzene rings is 1. The van der Waals surface area contributed by atoms with Gasteiger partial charge in [0.15, 0.2) is 0 Å². The van der Waals surface area contributed by atoms with Crippen molar-refractivity contribution in [1.29, 1.82) is 0 Å². The predicted octanol–water partition coefficient (Wildman–Crippen LogP) is 3.13. The first-order valence-corrected chi connectivity index (χ1v) is 7.65. The molecule has 0 spiro atoms. The molecule has 3 rings (SSSR count). The van der Waals surface area contributed by atoms with Crippen LogP contribution in [0.1, 0.15) is 12.3 Å². The van der Waals surface area contributed by atoms with Gasteiger partial charge in [0.2, 0.25) is 5.82 Å². The zero-order valence-electron chi connectivity index (χ0n) is 13.8. The van der Waals surface area contributed by atoms with Gasteiger partial charge in [0.25, 0.3) is 0 Å². The minimum absolute atomic E-state index is 0.101. The Kier molecular flexibility index (Phi) is 6.48. The van der Waals surface area contributed by atoms with Crippen molar-refractivity contribution < 1.29 is 45.5 Å². The van der Waals surface area contributed by atoms with Crippen LogP contribution in [-0.4, -0.2) is 46.6 Å². The molecule has 0 amide bonds. The third-order valence-corrected chi connectivity index (χ3v) is 3.34. The molecule has 1 aliphatic rings. The van der Waals surface area contributed by atoms with Crippen molar-refractivity contribution in [2.45, 2.75) is 24.9 Å². The van der Waals surface area contributed by atoms with Crippen molar-refractivity contribution in [3.05, 3.63) is 30.2 Å². The number of halogens is 6. The van der Waals surface area contributed by atoms with Crippen molar-refractivity contribution in [2.24, 2.45) is 0 Å². The first-order valence-electron chi connectivity index (χ1n) is 7.65. The second kappa shape index (κ2) is 8.46. The van der Waals surface area contributed by atoms with Gasteiger partial charge in [-0.25, -0.2) is 4.79 Å². The zero-order chi connectivity index (χ0) is 20.9. The van der Waals surface area contributed by atoms with E-state index in [0.717, 1.165) is 19.5 Å². The molecule has 0 aliphatic carbocycles. The molecule has 1 aromatic carbocycles. The van der Waals surface area contributed by atoms with Crippen LogP contribution in [0.25, 0.3) is 11.4 Å². The van der Waals surface area contributed by atoms with Crippen LogP contribution in [0.3, 0.4) is 0 Å². The summed E-state index contributed by atoms with van der Waals surface area (Å²) in [6.45, 7) is 1.72.